The maximum absolute atomic E-state index is 5.15. The van der Waals surface area contributed by atoms with Crippen LogP contribution in [0.4, 0.5) is 0 Å². The third-order valence-corrected chi connectivity index (χ3v) is 1.95. The number of ether oxygens (including phenoxy) is 1. The highest BCUT2D eigenvalue weighted by molar-refractivity contribution is 5.21. The molecule has 0 bridgehead atoms. The molecular formula is C10H12N3O+. The minimum absolute atomic E-state index is 0.582. The van der Waals surface area contributed by atoms with Gasteiger partial charge in [0.1, 0.15) is 5.69 Å². The zero-order valence-electron chi connectivity index (χ0n) is 8.21. The molecule has 72 valence electrons. The zero-order valence-corrected chi connectivity index (χ0v) is 8.21. The molecule has 1 aromatic heterocycles. The van der Waals surface area contributed by atoms with Gasteiger partial charge in [0.25, 0.3) is 0 Å². The van der Waals surface area contributed by atoms with Gasteiger partial charge in [-0.25, -0.2) is 0 Å². The summed E-state index contributed by atoms with van der Waals surface area (Å²) < 4.78 is 8.75. The van der Waals surface area contributed by atoms with Gasteiger partial charge in [-0.05, 0) is 12.1 Å². The van der Waals surface area contributed by atoms with Gasteiger partial charge in [0.05, 0.1) is 19.3 Å². The quantitative estimate of drug-likeness (QED) is 0.653. The second-order valence-electron chi connectivity index (χ2n) is 2.98. The maximum atomic E-state index is 5.15. The average Bonchev–Trinajstić information content (AvgIpc) is 2.61. The fourth-order valence-corrected chi connectivity index (χ4v) is 1.33. The molecule has 4 nitrogen and oxygen atoms in total. The fraction of sp³-hybridized carbons (Fsp3) is 0.200. The van der Waals surface area contributed by atoms with Gasteiger partial charge in [-0.15, -0.1) is 4.68 Å². The first-order chi connectivity index (χ1) is 6.81. The van der Waals surface area contributed by atoms with Crippen molar-refractivity contribution < 1.29 is 9.30 Å². The van der Waals surface area contributed by atoms with Crippen LogP contribution in [0.3, 0.4) is 0 Å². The number of nitrogens with zero attached hydrogens (tertiary/aromatic N) is 3. The summed E-state index contributed by atoms with van der Waals surface area (Å²) in [6.45, 7) is 0. The number of methoxy groups -OCH3 is 1. The highest BCUT2D eigenvalue weighted by Crippen LogP contribution is 2.03. The fourth-order valence-electron chi connectivity index (χ4n) is 1.33. The molecule has 1 heterocycles. The van der Waals surface area contributed by atoms with Crippen molar-refractivity contribution in [2.24, 2.45) is 7.05 Å². The van der Waals surface area contributed by atoms with Gasteiger partial charge >= 0.3 is 6.01 Å². The Bertz CT molecular complexity index is 422. The van der Waals surface area contributed by atoms with E-state index < -0.39 is 0 Å². The number of hydrogen-bond acceptors (Lipinski definition) is 2. The third kappa shape index (κ3) is 1.46. The molecule has 0 atom stereocenters. The average molecular weight is 190 g/mol. The summed E-state index contributed by atoms with van der Waals surface area (Å²) in [6, 6.07) is 10.5. The van der Waals surface area contributed by atoms with E-state index in [4.69, 9.17) is 4.74 Å². The van der Waals surface area contributed by atoms with Crippen molar-refractivity contribution in [1.29, 1.82) is 0 Å². The molecular weight excluding hydrogens is 178 g/mol. The molecule has 0 fully saturated rings. The van der Waals surface area contributed by atoms with E-state index in [1.807, 2.05) is 48.3 Å². The topological polar surface area (TPSA) is 30.9 Å². The van der Waals surface area contributed by atoms with Crippen molar-refractivity contribution in [3.05, 3.63) is 36.7 Å². The first-order valence-electron chi connectivity index (χ1n) is 4.36. The Balaban J connectivity index is 2.51. The molecule has 1 aromatic carbocycles. The lowest BCUT2D eigenvalue weighted by atomic mass is 10.3. The van der Waals surface area contributed by atoms with Crippen LogP contribution in [-0.2, 0) is 7.05 Å². The monoisotopic (exact) mass is 190 g/mol. The van der Waals surface area contributed by atoms with Crippen LogP contribution < -0.4 is 9.30 Å². The zero-order chi connectivity index (χ0) is 9.97. The maximum Gasteiger partial charge on any atom is 0.472 e. The molecule has 0 aliphatic carbocycles. The van der Waals surface area contributed by atoms with Gasteiger partial charge in [-0.1, -0.05) is 18.2 Å². The largest absolute Gasteiger partial charge is 0.472 e. The minimum atomic E-state index is 0.582. The van der Waals surface area contributed by atoms with E-state index in [1.54, 1.807) is 11.8 Å². The number of benzene rings is 1. The Morgan fingerprint density at radius 2 is 2.00 bits per heavy atom. The number of hydrogen-bond donors (Lipinski definition) is 0. The molecule has 2 aromatic rings. The minimum Gasteiger partial charge on any atom is -0.442 e. The highest BCUT2D eigenvalue weighted by atomic mass is 16.5. The Labute approximate surface area is 82.4 Å². The van der Waals surface area contributed by atoms with Crippen molar-refractivity contribution in [3.63, 3.8) is 0 Å². The molecule has 0 unspecified atom stereocenters. The van der Waals surface area contributed by atoms with Crippen LogP contribution in [0.15, 0.2) is 36.7 Å². The summed E-state index contributed by atoms with van der Waals surface area (Å²) >= 11 is 0. The van der Waals surface area contributed by atoms with E-state index >= 15 is 0 Å². The number of aryl methyl sites for hydroxylation is 1. The van der Waals surface area contributed by atoms with Crippen LogP contribution in [0, 0.1) is 0 Å². The predicted molar refractivity (Wildman–Crippen MR) is 51.3 cm³/mol. The lowest BCUT2D eigenvalue weighted by Gasteiger charge is -1.96. The van der Waals surface area contributed by atoms with Gasteiger partial charge < -0.3 is 4.74 Å². The van der Waals surface area contributed by atoms with Gasteiger partial charge in [0.15, 0.2) is 0 Å². The van der Waals surface area contributed by atoms with Crippen molar-refractivity contribution in [3.8, 4) is 11.7 Å². The van der Waals surface area contributed by atoms with E-state index in [2.05, 4.69) is 5.10 Å². The van der Waals surface area contributed by atoms with Crippen LogP contribution in [0.25, 0.3) is 5.69 Å². The Morgan fingerprint density at radius 1 is 1.29 bits per heavy atom. The molecule has 0 N–H and O–H groups in total. The van der Waals surface area contributed by atoms with Gasteiger partial charge in [-0.3, -0.25) is 0 Å². The second kappa shape index (κ2) is 3.49. The molecule has 0 amide bonds. The van der Waals surface area contributed by atoms with E-state index in [-0.39, 0.29) is 0 Å². The molecule has 0 aliphatic rings. The van der Waals surface area contributed by atoms with Crippen LogP contribution >= 0.6 is 0 Å². The summed E-state index contributed by atoms with van der Waals surface area (Å²) in [7, 11) is 3.48. The Kier molecular flexibility index (Phi) is 2.18. The highest BCUT2D eigenvalue weighted by Gasteiger charge is 2.16. The summed E-state index contributed by atoms with van der Waals surface area (Å²) in [5.74, 6) is 0. The van der Waals surface area contributed by atoms with Crippen LogP contribution in [0.1, 0.15) is 0 Å². The standard InChI is InChI=1S/C10H12N3O/c1-12-8-13(10(11-12)14-2)9-6-4-3-5-7-9/h3-8H,1-2H3/q+1. The van der Waals surface area contributed by atoms with Crippen LogP contribution in [0.2, 0.25) is 0 Å². The van der Waals surface area contributed by atoms with E-state index in [0.29, 0.717) is 6.01 Å². The van der Waals surface area contributed by atoms with Crippen molar-refractivity contribution in [2.45, 2.75) is 0 Å². The number of para-hydroxylation sites is 1. The van der Waals surface area contributed by atoms with Crippen LogP contribution in [-0.4, -0.2) is 16.9 Å². The molecule has 0 aliphatic heterocycles. The predicted octanol–water partition coefficient (Wildman–Crippen LogP) is 0.705. The van der Waals surface area contributed by atoms with Gasteiger partial charge in [0.2, 0.25) is 6.33 Å². The molecule has 14 heavy (non-hydrogen) atoms. The molecule has 2 rings (SSSR count). The second-order valence-corrected chi connectivity index (χ2v) is 2.98. The number of rotatable bonds is 2. The Morgan fingerprint density at radius 3 is 2.64 bits per heavy atom. The van der Waals surface area contributed by atoms with Crippen molar-refractivity contribution in [1.82, 2.24) is 9.78 Å². The summed E-state index contributed by atoms with van der Waals surface area (Å²) in [5, 5.41) is 4.16. The molecule has 0 saturated carbocycles. The third-order valence-electron chi connectivity index (χ3n) is 1.95. The first kappa shape index (κ1) is 8.74. The van der Waals surface area contributed by atoms with Gasteiger partial charge in [-0.2, -0.15) is 4.57 Å². The molecule has 0 radical (unpaired) electrons. The van der Waals surface area contributed by atoms with E-state index in [0.717, 1.165) is 5.69 Å². The lowest BCUT2D eigenvalue weighted by molar-refractivity contribution is -0.603. The first-order valence-corrected chi connectivity index (χ1v) is 4.36. The SMILES string of the molecule is COc1nn(C)c[n+]1-c1ccccc1. The molecule has 0 saturated heterocycles. The smallest absolute Gasteiger partial charge is 0.442 e. The molecule has 0 spiro atoms. The van der Waals surface area contributed by atoms with Crippen LogP contribution in [0.5, 0.6) is 6.01 Å². The summed E-state index contributed by atoms with van der Waals surface area (Å²) in [5.41, 5.74) is 1.04. The van der Waals surface area contributed by atoms with E-state index in [1.165, 1.54) is 0 Å². The van der Waals surface area contributed by atoms with Gasteiger partial charge in [0, 0.05) is 0 Å². The summed E-state index contributed by atoms with van der Waals surface area (Å²) in [4.78, 5) is 0. The van der Waals surface area contributed by atoms with E-state index in [9.17, 15) is 0 Å². The summed E-state index contributed by atoms with van der Waals surface area (Å²) in [6.07, 6.45) is 1.87. The molecule has 4 heteroatoms. The van der Waals surface area contributed by atoms with Crippen molar-refractivity contribution in [2.75, 3.05) is 7.11 Å². The lowest BCUT2D eigenvalue weighted by Crippen LogP contribution is -2.30. The normalized spacial score (nSPS) is 10.1. The Hall–Kier alpha value is -1.84. The van der Waals surface area contributed by atoms with Crippen molar-refractivity contribution >= 4 is 0 Å². The number of aromatic nitrogens is 3.